The summed E-state index contributed by atoms with van der Waals surface area (Å²) in [4.78, 5) is 4.32. The summed E-state index contributed by atoms with van der Waals surface area (Å²) < 4.78 is 18.7. The average Bonchev–Trinajstić information content (AvgIpc) is 2.49. The molecule has 0 atom stereocenters. The minimum Gasteiger partial charge on any atom is -0.457 e. The van der Waals surface area contributed by atoms with Crippen LogP contribution in [-0.2, 0) is 6.61 Å². The Morgan fingerprint density at radius 2 is 1.80 bits per heavy atom. The van der Waals surface area contributed by atoms with Crippen LogP contribution in [0.1, 0.15) is 5.69 Å². The lowest BCUT2D eigenvalue weighted by molar-refractivity contribution is 0.277. The van der Waals surface area contributed by atoms with Gasteiger partial charge < -0.3 is 9.84 Å². The smallest absolute Gasteiger partial charge is 0.138 e. The van der Waals surface area contributed by atoms with Gasteiger partial charge >= 0.3 is 0 Å². The molecule has 100 valence electrons. The highest BCUT2D eigenvalue weighted by Gasteiger charge is 2.07. The number of rotatable bonds is 3. The molecule has 0 fully saturated rings. The summed E-state index contributed by atoms with van der Waals surface area (Å²) in [5.74, 6) is 0.811. The van der Waals surface area contributed by atoms with Gasteiger partial charge in [-0.25, -0.2) is 4.39 Å². The summed E-state index contributed by atoms with van der Waals surface area (Å²) in [6.07, 6.45) is 0. The molecular weight excluding hydrogens is 257 g/mol. The van der Waals surface area contributed by atoms with Gasteiger partial charge in [0.2, 0.25) is 0 Å². The number of aliphatic hydroxyl groups excluding tert-OH is 1. The summed E-state index contributed by atoms with van der Waals surface area (Å²) >= 11 is 0. The van der Waals surface area contributed by atoms with Crippen molar-refractivity contribution in [2.45, 2.75) is 6.61 Å². The van der Waals surface area contributed by atoms with Crippen LogP contribution in [0.4, 0.5) is 4.39 Å². The third-order valence-corrected chi connectivity index (χ3v) is 2.93. The van der Waals surface area contributed by atoms with Crippen molar-refractivity contribution in [1.29, 1.82) is 0 Å². The summed E-state index contributed by atoms with van der Waals surface area (Å²) in [6.45, 7) is -0.162. The topological polar surface area (TPSA) is 42.4 Å². The molecule has 3 aromatic rings. The number of hydrogen-bond donors (Lipinski definition) is 1. The molecule has 0 unspecified atom stereocenters. The Kier molecular flexibility index (Phi) is 3.31. The van der Waals surface area contributed by atoms with Gasteiger partial charge in [0.25, 0.3) is 0 Å². The Bertz CT molecular complexity index is 741. The van der Waals surface area contributed by atoms with Crippen LogP contribution in [0.2, 0.25) is 0 Å². The third kappa shape index (κ3) is 2.46. The fourth-order valence-electron chi connectivity index (χ4n) is 1.99. The standard InChI is InChI=1S/C16H12FNO2/c17-11-5-7-13(8-6-11)20-16-9-12(10-19)18-15-4-2-1-3-14(15)16/h1-9,19H,10H2. The van der Waals surface area contributed by atoms with E-state index >= 15 is 0 Å². The number of ether oxygens (including phenoxy) is 1. The van der Waals surface area contributed by atoms with Gasteiger partial charge in [-0.1, -0.05) is 12.1 Å². The molecule has 3 nitrogen and oxygen atoms in total. The van der Waals surface area contributed by atoms with Crippen LogP contribution in [0.3, 0.4) is 0 Å². The molecule has 0 bridgehead atoms. The second kappa shape index (κ2) is 5.27. The average molecular weight is 269 g/mol. The summed E-state index contributed by atoms with van der Waals surface area (Å²) in [6, 6.07) is 15.0. The Morgan fingerprint density at radius 1 is 1.05 bits per heavy atom. The maximum Gasteiger partial charge on any atom is 0.138 e. The van der Waals surface area contributed by atoms with Crippen molar-refractivity contribution >= 4 is 10.9 Å². The van der Waals surface area contributed by atoms with Crippen LogP contribution in [0.5, 0.6) is 11.5 Å². The number of aromatic nitrogens is 1. The number of fused-ring (bicyclic) bond motifs is 1. The molecule has 0 aliphatic rings. The van der Waals surface area contributed by atoms with Gasteiger partial charge in [0.05, 0.1) is 17.8 Å². The predicted molar refractivity (Wildman–Crippen MR) is 74.1 cm³/mol. The van der Waals surface area contributed by atoms with E-state index in [0.29, 0.717) is 17.2 Å². The molecule has 3 rings (SSSR count). The van der Waals surface area contributed by atoms with E-state index in [1.807, 2.05) is 24.3 Å². The SMILES string of the molecule is OCc1cc(Oc2ccc(F)cc2)c2ccccc2n1. The highest BCUT2D eigenvalue weighted by Crippen LogP contribution is 2.30. The molecule has 1 N–H and O–H groups in total. The first-order valence-corrected chi connectivity index (χ1v) is 6.19. The van der Waals surface area contributed by atoms with E-state index in [1.165, 1.54) is 12.1 Å². The summed E-state index contributed by atoms with van der Waals surface area (Å²) in [5, 5.41) is 10.1. The van der Waals surface area contributed by atoms with Crippen LogP contribution in [0.15, 0.2) is 54.6 Å². The number of para-hydroxylation sites is 1. The quantitative estimate of drug-likeness (QED) is 0.789. The van der Waals surface area contributed by atoms with Gasteiger partial charge in [0, 0.05) is 11.5 Å². The van der Waals surface area contributed by atoms with Gasteiger partial charge in [0.15, 0.2) is 0 Å². The molecule has 0 saturated heterocycles. The van der Waals surface area contributed by atoms with Crippen LogP contribution in [0, 0.1) is 5.82 Å². The van der Waals surface area contributed by atoms with Crippen LogP contribution < -0.4 is 4.74 Å². The van der Waals surface area contributed by atoms with Crippen molar-refractivity contribution in [3.63, 3.8) is 0 Å². The molecule has 0 radical (unpaired) electrons. The van der Waals surface area contributed by atoms with Crippen molar-refractivity contribution in [3.05, 3.63) is 66.1 Å². The second-order valence-corrected chi connectivity index (χ2v) is 4.34. The molecule has 0 aliphatic heterocycles. The minimum absolute atomic E-state index is 0.162. The molecular formula is C16H12FNO2. The first-order chi connectivity index (χ1) is 9.76. The molecule has 0 saturated carbocycles. The van der Waals surface area contributed by atoms with Crippen molar-refractivity contribution in [3.8, 4) is 11.5 Å². The minimum atomic E-state index is -0.312. The second-order valence-electron chi connectivity index (χ2n) is 4.34. The predicted octanol–water partition coefficient (Wildman–Crippen LogP) is 3.66. The largest absolute Gasteiger partial charge is 0.457 e. The molecule has 20 heavy (non-hydrogen) atoms. The molecule has 0 aliphatic carbocycles. The van der Waals surface area contributed by atoms with Crippen molar-refractivity contribution in [1.82, 2.24) is 4.98 Å². The molecule has 1 heterocycles. The number of pyridine rings is 1. The maximum atomic E-state index is 12.9. The van der Waals surface area contributed by atoms with Crippen LogP contribution in [-0.4, -0.2) is 10.1 Å². The van der Waals surface area contributed by atoms with Crippen LogP contribution >= 0.6 is 0 Å². The van der Waals surface area contributed by atoms with E-state index in [9.17, 15) is 9.50 Å². The Balaban J connectivity index is 2.07. The van der Waals surface area contributed by atoms with E-state index in [-0.39, 0.29) is 12.4 Å². The highest BCUT2D eigenvalue weighted by atomic mass is 19.1. The molecule has 0 amide bonds. The van der Waals surface area contributed by atoms with Gasteiger partial charge in [-0.2, -0.15) is 0 Å². The monoisotopic (exact) mass is 269 g/mol. The number of halogens is 1. The zero-order chi connectivity index (χ0) is 13.9. The Labute approximate surface area is 115 Å². The zero-order valence-electron chi connectivity index (χ0n) is 10.6. The van der Waals surface area contributed by atoms with E-state index in [4.69, 9.17) is 4.74 Å². The van der Waals surface area contributed by atoms with E-state index in [1.54, 1.807) is 18.2 Å². The first kappa shape index (κ1) is 12.6. The Hall–Kier alpha value is -2.46. The Morgan fingerprint density at radius 3 is 2.55 bits per heavy atom. The number of benzene rings is 2. The number of hydrogen-bond acceptors (Lipinski definition) is 3. The lowest BCUT2D eigenvalue weighted by Gasteiger charge is -2.10. The normalized spacial score (nSPS) is 10.7. The maximum absolute atomic E-state index is 12.9. The van der Waals surface area contributed by atoms with E-state index < -0.39 is 0 Å². The fourth-order valence-corrected chi connectivity index (χ4v) is 1.99. The lowest BCUT2D eigenvalue weighted by Crippen LogP contribution is -1.94. The van der Waals surface area contributed by atoms with Gasteiger partial charge in [-0.3, -0.25) is 4.98 Å². The third-order valence-electron chi connectivity index (χ3n) is 2.93. The highest BCUT2D eigenvalue weighted by molar-refractivity contribution is 5.85. The summed E-state index contributed by atoms with van der Waals surface area (Å²) in [7, 11) is 0. The molecule has 4 heteroatoms. The van der Waals surface area contributed by atoms with Gasteiger partial charge in [-0.05, 0) is 36.4 Å². The summed E-state index contributed by atoms with van der Waals surface area (Å²) in [5.41, 5.74) is 1.27. The lowest BCUT2D eigenvalue weighted by atomic mass is 10.2. The zero-order valence-corrected chi connectivity index (χ0v) is 10.6. The molecule has 0 spiro atoms. The number of nitrogens with zero attached hydrogens (tertiary/aromatic N) is 1. The van der Waals surface area contributed by atoms with Crippen LogP contribution in [0.25, 0.3) is 10.9 Å². The first-order valence-electron chi connectivity index (χ1n) is 6.19. The van der Waals surface area contributed by atoms with Crippen molar-refractivity contribution in [2.24, 2.45) is 0 Å². The van der Waals surface area contributed by atoms with E-state index in [0.717, 1.165) is 10.9 Å². The van der Waals surface area contributed by atoms with Gasteiger partial charge in [-0.15, -0.1) is 0 Å². The molecule has 2 aromatic carbocycles. The van der Waals surface area contributed by atoms with Crippen molar-refractivity contribution < 1.29 is 14.2 Å². The fraction of sp³-hybridized carbons (Fsp3) is 0.0625. The molecule has 1 aromatic heterocycles. The van der Waals surface area contributed by atoms with E-state index in [2.05, 4.69) is 4.98 Å². The number of aliphatic hydroxyl groups is 1. The van der Waals surface area contributed by atoms with Gasteiger partial charge in [0.1, 0.15) is 17.3 Å². The van der Waals surface area contributed by atoms with Crippen molar-refractivity contribution in [2.75, 3.05) is 0 Å².